The molecule has 0 saturated heterocycles. The second kappa shape index (κ2) is 11.1. The fraction of sp³-hybridized carbons (Fsp3) is 0.409. The highest BCUT2D eigenvalue weighted by molar-refractivity contribution is 7.89. The lowest BCUT2D eigenvalue weighted by atomic mass is 10.1. The average Bonchev–Trinajstić information content (AvgIpc) is 2.75. The van der Waals surface area contributed by atoms with Crippen LogP contribution >= 0.6 is 0 Å². The molecule has 30 heavy (non-hydrogen) atoms. The van der Waals surface area contributed by atoms with Gasteiger partial charge in [-0.05, 0) is 36.3 Å². The maximum absolute atomic E-state index is 12.5. The summed E-state index contributed by atoms with van der Waals surface area (Å²) in [4.78, 5) is 14.9. The predicted molar refractivity (Wildman–Crippen MR) is 121 cm³/mol. The standard InChI is InChI=1S/C22H32N4O3S/c1-5-26(6-2)17-19-12-7-9-13-20(19)23-16-22(27)24-15-18-11-8-10-14-21(18)30(28,29)25(3)4/h7-14,23H,5-6,15-17H2,1-4H3,(H,24,27). The molecule has 2 N–H and O–H groups in total. The molecule has 0 atom stereocenters. The molecule has 2 aromatic carbocycles. The van der Waals surface area contributed by atoms with Crippen molar-refractivity contribution in [1.29, 1.82) is 0 Å². The maximum Gasteiger partial charge on any atom is 0.242 e. The lowest BCUT2D eigenvalue weighted by Crippen LogP contribution is -2.31. The van der Waals surface area contributed by atoms with Crippen molar-refractivity contribution in [1.82, 2.24) is 14.5 Å². The summed E-state index contributed by atoms with van der Waals surface area (Å²) in [5.74, 6) is -0.204. The summed E-state index contributed by atoms with van der Waals surface area (Å²) in [5, 5.41) is 6.01. The van der Waals surface area contributed by atoms with E-state index in [0.29, 0.717) is 5.56 Å². The number of hydrogen-bond acceptors (Lipinski definition) is 5. The van der Waals surface area contributed by atoms with Gasteiger partial charge in [0.15, 0.2) is 0 Å². The van der Waals surface area contributed by atoms with Crippen LogP contribution in [0.5, 0.6) is 0 Å². The SMILES string of the molecule is CCN(CC)Cc1ccccc1NCC(=O)NCc1ccccc1S(=O)(=O)N(C)C. The van der Waals surface area contributed by atoms with Crippen molar-refractivity contribution in [2.24, 2.45) is 0 Å². The molecule has 1 amide bonds. The maximum atomic E-state index is 12.5. The second-order valence-corrected chi connectivity index (χ2v) is 9.26. The van der Waals surface area contributed by atoms with Crippen LogP contribution in [0.3, 0.4) is 0 Å². The van der Waals surface area contributed by atoms with E-state index in [1.165, 1.54) is 18.4 Å². The Kier molecular flexibility index (Phi) is 8.83. The molecule has 0 radical (unpaired) electrons. The predicted octanol–water partition coefficient (Wildman–Crippen LogP) is 2.51. The normalized spacial score (nSPS) is 11.7. The van der Waals surface area contributed by atoms with Gasteiger partial charge in [0, 0.05) is 32.9 Å². The first kappa shape index (κ1) is 23.9. The molecule has 164 valence electrons. The molecule has 0 bridgehead atoms. The Morgan fingerprint density at radius 1 is 0.933 bits per heavy atom. The van der Waals surface area contributed by atoms with Gasteiger partial charge >= 0.3 is 0 Å². The van der Waals surface area contributed by atoms with Gasteiger partial charge in [0.25, 0.3) is 0 Å². The lowest BCUT2D eigenvalue weighted by molar-refractivity contribution is -0.119. The van der Waals surface area contributed by atoms with Crippen molar-refractivity contribution in [3.8, 4) is 0 Å². The van der Waals surface area contributed by atoms with E-state index in [1.54, 1.807) is 24.3 Å². The Bertz CT molecular complexity index is 941. The van der Waals surface area contributed by atoms with Gasteiger partial charge in [0.2, 0.25) is 15.9 Å². The zero-order valence-corrected chi connectivity index (χ0v) is 19.0. The summed E-state index contributed by atoms with van der Waals surface area (Å²) in [6, 6.07) is 14.7. The highest BCUT2D eigenvalue weighted by Crippen LogP contribution is 2.19. The molecule has 2 aromatic rings. The molecule has 0 aliphatic carbocycles. The minimum Gasteiger partial charge on any atom is -0.376 e. The van der Waals surface area contributed by atoms with Gasteiger partial charge in [-0.3, -0.25) is 9.69 Å². The Labute approximate surface area is 180 Å². The highest BCUT2D eigenvalue weighted by atomic mass is 32.2. The zero-order chi connectivity index (χ0) is 22.1. The van der Waals surface area contributed by atoms with Crippen LogP contribution in [0.4, 0.5) is 5.69 Å². The first-order valence-electron chi connectivity index (χ1n) is 10.1. The summed E-state index contributed by atoms with van der Waals surface area (Å²) in [6.07, 6.45) is 0. The van der Waals surface area contributed by atoms with Crippen molar-refractivity contribution >= 4 is 21.6 Å². The molecule has 0 aliphatic heterocycles. The monoisotopic (exact) mass is 432 g/mol. The molecule has 0 aromatic heterocycles. The molecular formula is C22H32N4O3S. The molecule has 0 unspecified atom stereocenters. The van der Waals surface area contributed by atoms with Gasteiger partial charge in [-0.25, -0.2) is 12.7 Å². The summed E-state index contributed by atoms with van der Waals surface area (Å²) < 4.78 is 26.1. The van der Waals surface area contributed by atoms with Crippen molar-refractivity contribution in [2.75, 3.05) is 39.0 Å². The van der Waals surface area contributed by atoms with E-state index in [-0.39, 0.29) is 23.9 Å². The van der Waals surface area contributed by atoms with E-state index in [0.717, 1.165) is 30.9 Å². The molecule has 7 nitrogen and oxygen atoms in total. The number of nitrogens with zero attached hydrogens (tertiary/aromatic N) is 2. The summed E-state index contributed by atoms with van der Waals surface area (Å²) in [7, 11) is -0.591. The summed E-state index contributed by atoms with van der Waals surface area (Å²) in [5.41, 5.74) is 2.62. The third-order valence-electron chi connectivity index (χ3n) is 4.95. The third kappa shape index (κ3) is 6.29. The number of carbonyl (C=O) groups is 1. The van der Waals surface area contributed by atoms with Gasteiger partial charge in [0.1, 0.15) is 0 Å². The van der Waals surface area contributed by atoms with Crippen molar-refractivity contribution in [2.45, 2.75) is 31.8 Å². The van der Waals surface area contributed by atoms with E-state index >= 15 is 0 Å². The van der Waals surface area contributed by atoms with E-state index < -0.39 is 10.0 Å². The lowest BCUT2D eigenvalue weighted by Gasteiger charge is -2.20. The summed E-state index contributed by atoms with van der Waals surface area (Å²) >= 11 is 0. The molecular weight excluding hydrogens is 400 g/mol. The number of carbonyl (C=O) groups excluding carboxylic acids is 1. The van der Waals surface area contributed by atoms with E-state index in [9.17, 15) is 13.2 Å². The number of nitrogens with one attached hydrogen (secondary N) is 2. The topological polar surface area (TPSA) is 81.8 Å². The van der Waals surface area contributed by atoms with E-state index in [4.69, 9.17) is 0 Å². The van der Waals surface area contributed by atoms with Gasteiger partial charge in [-0.15, -0.1) is 0 Å². The molecule has 8 heteroatoms. The van der Waals surface area contributed by atoms with Crippen LogP contribution in [0, 0.1) is 0 Å². The van der Waals surface area contributed by atoms with E-state index in [1.807, 2.05) is 18.2 Å². The van der Waals surface area contributed by atoms with Crippen LogP contribution in [0.1, 0.15) is 25.0 Å². The number of rotatable bonds is 11. The third-order valence-corrected chi connectivity index (χ3v) is 6.87. The number of amides is 1. The number of hydrogen-bond donors (Lipinski definition) is 2. The summed E-state index contributed by atoms with van der Waals surface area (Å²) in [6.45, 7) is 7.24. The number of para-hydroxylation sites is 1. The number of sulfonamides is 1. The van der Waals surface area contributed by atoms with Crippen LogP contribution in [-0.4, -0.2) is 57.3 Å². The fourth-order valence-corrected chi connectivity index (χ4v) is 4.16. The molecule has 0 aliphatic rings. The minimum absolute atomic E-state index is 0.109. The van der Waals surface area contributed by atoms with Gasteiger partial charge < -0.3 is 10.6 Å². The van der Waals surface area contributed by atoms with Gasteiger partial charge in [0.05, 0.1) is 11.4 Å². The zero-order valence-electron chi connectivity index (χ0n) is 18.2. The van der Waals surface area contributed by atoms with Crippen LogP contribution in [0.2, 0.25) is 0 Å². The second-order valence-electron chi connectivity index (χ2n) is 7.14. The fourth-order valence-electron chi connectivity index (χ4n) is 3.05. The van der Waals surface area contributed by atoms with Gasteiger partial charge in [-0.1, -0.05) is 50.2 Å². The largest absolute Gasteiger partial charge is 0.376 e. The Morgan fingerprint density at radius 3 is 2.17 bits per heavy atom. The number of anilines is 1. The van der Waals surface area contributed by atoms with Crippen LogP contribution in [0.25, 0.3) is 0 Å². The Hall–Kier alpha value is -2.42. The van der Waals surface area contributed by atoms with Crippen LogP contribution in [0.15, 0.2) is 53.4 Å². The van der Waals surface area contributed by atoms with Crippen LogP contribution < -0.4 is 10.6 Å². The Morgan fingerprint density at radius 2 is 1.53 bits per heavy atom. The molecule has 0 heterocycles. The molecule has 2 rings (SSSR count). The molecule has 0 fully saturated rings. The smallest absolute Gasteiger partial charge is 0.242 e. The Balaban J connectivity index is 2.00. The van der Waals surface area contributed by atoms with Gasteiger partial charge in [-0.2, -0.15) is 0 Å². The minimum atomic E-state index is -3.57. The van der Waals surface area contributed by atoms with Crippen molar-refractivity contribution in [3.63, 3.8) is 0 Å². The van der Waals surface area contributed by atoms with Crippen LogP contribution in [-0.2, 0) is 27.9 Å². The van der Waals surface area contributed by atoms with Crippen molar-refractivity contribution in [3.05, 3.63) is 59.7 Å². The molecule has 0 saturated carbocycles. The first-order chi connectivity index (χ1) is 14.3. The van der Waals surface area contributed by atoms with Crippen molar-refractivity contribution < 1.29 is 13.2 Å². The first-order valence-corrected chi connectivity index (χ1v) is 11.5. The average molecular weight is 433 g/mol. The van der Waals surface area contributed by atoms with E-state index in [2.05, 4.69) is 35.4 Å². The highest BCUT2D eigenvalue weighted by Gasteiger charge is 2.20. The molecule has 0 spiro atoms. The quantitative estimate of drug-likeness (QED) is 0.570. The number of benzene rings is 2.